The maximum Gasteiger partial charge on any atom is 0.317 e. The number of aliphatic carboxylic acids is 1. The van der Waals surface area contributed by atoms with Crippen LogP contribution >= 0.6 is 0 Å². The molecule has 3 nitrogen and oxygen atoms in total. The minimum atomic E-state index is -0.700. The van der Waals surface area contributed by atoms with Gasteiger partial charge >= 0.3 is 5.97 Å². The molecule has 0 heterocycles. The van der Waals surface area contributed by atoms with E-state index in [4.69, 9.17) is 5.11 Å². The van der Waals surface area contributed by atoms with E-state index in [0.717, 1.165) is 19.3 Å². The fourth-order valence-electron chi connectivity index (χ4n) is 2.98. The van der Waals surface area contributed by atoms with E-state index in [1.807, 2.05) is 0 Å². The van der Waals surface area contributed by atoms with E-state index in [1.165, 1.54) is 12.8 Å². The van der Waals surface area contributed by atoms with Gasteiger partial charge in [0.1, 0.15) is 0 Å². The molecule has 0 aromatic heterocycles. The predicted molar refractivity (Wildman–Crippen MR) is 70.1 cm³/mol. The highest BCUT2D eigenvalue weighted by atomic mass is 16.4. The van der Waals surface area contributed by atoms with Gasteiger partial charge in [0.2, 0.25) is 0 Å². The Labute approximate surface area is 105 Å². The van der Waals surface area contributed by atoms with Crippen LogP contribution in [0.4, 0.5) is 0 Å². The summed E-state index contributed by atoms with van der Waals surface area (Å²) in [6, 6.07) is 0.815. The Bertz CT molecular complexity index is 263. The standard InChI is InChI=1S/C14H27NO2/c1-5-11(2)15(10-13(16)17)12-7-6-8-14(3,4)9-12/h11-12H,5-10H2,1-4H3,(H,16,17). The van der Waals surface area contributed by atoms with Crippen molar-refractivity contribution in [2.75, 3.05) is 6.54 Å². The van der Waals surface area contributed by atoms with Crippen molar-refractivity contribution < 1.29 is 9.90 Å². The SMILES string of the molecule is CCC(C)N(CC(=O)O)C1CCCC(C)(C)C1. The highest BCUT2D eigenvalue weighted by Gasteiger charge is 2.33. The van der Waals surface area contributed by atoms with Crippen LogP contribution in [-0.4, -0.2) is 34.6 Å². The Morgan fingerprint density at radius 2 is 2.18 bits per heavy atom. The first-order valence-corrected chi connectivity index (χ1v) is 6.83. The minimum absolute atomic E-state index is 0.190. The molecule has 1 fully saturated rings. The van der Waals surface area contributed by atoms with Crippen LogP contribution in [0.3, 0.4) is 0 Å². The molecule has 0 aromatic rings. The summed E-state index contributed by atoms with van der Waals surface area (Å²) in [5, 5.41) is 9.05. The topological polar surface area (TPSA) is 40.5 Å². The monoisotopic (exact) mass is 241 g/mol. The van der Waals surface area contributed by atoms with E-state index in [2.05, 4.69) is 32.6 Å². The van der Waals surface area contributed by atoms with Gasteiger partial charge in [-0.15, -0.1) is 0 Å². The van der Waals surface area contributed by atoms with Crippen LogP contribution in [0.25, 0.3) is 0 Å². The van der Waals surface area contributed by atoms with Crippen molar-refractivity contribution in [3.63, 3.8) is 0 Å². The largest absolute Gasteiger partial charge is 0.480 e. The zero-order chi connectivity index (χ0) is 13.1. The molecule has 2 atom stereocenters. The molecule has 0 bridgehead atoms. The first kappa shape index (κ1) is 14.5. The van der Waals surface area contributed by atoms with Crippen molar-refractivity contribution in [2.45, 2.75) is 71.9 Å². The van der Waals surface area contributed by atoms with Crippen LogP contribution in [0.2, 0.25) is 0 Å². The van der Waals surface area contributed by atoms with Crippen molar-refractivity contribution in [3.05, 3.63) is 0 Å². The zero-order valence-corrected chi connectivity index (χ0v) is 11.7. The van der Waals surface area contributed by atoms with Crippen LogP contribution in [0.15, 0.2) is 0 Å². The van der Waals surface area contributed by atoms with Crippen molar-refractivity contribution in [2.24, 2.45) is 5.41 Å². The lowest BCUT2D eigenvalue weighted by Gasteiger charge is -2.43. The zero-order valence-electron chi connectivity index (χ0n) is 11.7. The number of hydrogen-bond acceptors (Lipinski definition) is 2. The van der Waals surface area contributed by atoms with Gasteiger partial charge in [-0.25, -0.2) is 0 Å². The van der Waals surface area contributed by atoms with Crippen molar-refractivity contribution in [1.29, 1.82) is 0 Å². The molecule has 0 amide bonds. The molecule has 1 aliphatic carbocycles. The number of rotatable bonds is 5. The summed E-state index contributed by atoms with van der Waals surface area (Å²) < 4.78 is 0. The van der Waals surface area contributed by atoms with E-state index in [9.17, 15) is 4.79 Å². The number of nitrogens with zero attached hydrogens (tertiary/aromatic N) is 1. The maximum atomic E-state index is 11.0. The average Bonchev–Trinajstić information content (AvgIpc) is 2.23. The van der Waals surface area contributed by atoms with Gasteiger partial charge in [0.25, 0.3) is 0 Å². The fourth-order valence-corrected chi connectivity index (χ4v) is 2.98. The lowest BCUT2D eigenvalue weighted by atomic mass is 9.74. The van der Waals surface area contributed by atoms with Gasteiger partial charge in [-0.05, 0) is 38.0 Å². The smallest absolute Gasteiger partial charge is 0.317 e. The number of carbonyl (C=O) groups is 1. The van der Waals surface area contributed by atoms with Crippen LogP contribution in [0.1, 0.15) is 59.8 Å². The molecule has 100 valence electrons. The van der Waals surface area contributed by atoms with Gasteiger partial charge < -0.3 is 5.11 Å². The molecular formula is C14H27NO2. The van der Waals surface area contributed by atoms with E-state index < -0.39 is 5.97 Å². The number of carboxylic acids is 1. The number of hydrogen-bond donors (Lipinski definition) is 1. The third-order valence-electron chi connectivity index (χ3n) is 4.12. The Morgan fingerprint density at radius 3 is 2.65 bits per heavy atom. The summed E-state index contributed by atoms with van der Waals surface area (Å²) in [6.45, 7) is 9.07. The lowest BCUT2D eigenvalue weighted by Crippen LogP contribution is -2.47. The average molecular weight is 241 g/mol. The summed E-state index contributed by atoms with van der Waals surface area (Å²) in [5.41, 5.74) is 0.368. The van der Waals surface area contributed by atoms with Gasteiger partial charge in [0.15, 0.2) is 0 Å². The molecule has 1 saturated carbocycles. The Hall–Kier alpha value is -0.570. The first-order valence-electron chi connectivity index (χ1n) is 6.83. The predicted octanol–water partition coefficient (Wildman–Crippen LogP) is 3.14. The summed E-state index contributed by atoms with van der Waals surface area (Å²) in [4.78, 5) is 13.2. The molecular weight excluding hydrogens is 214 g/mol. The van der Waals surface area contributed by atoms with Gasteiger partial charge in [-0.2, -0.15) is 0 Å². The lowest BCUT2D eigenvalue weighted by molar-refractivity contribution is -0.140. The molecule has 2 unspecified atom stereocenters. The molecule has 0 radical (unpaired) electrons. The Balaban J connectivity index is 2.71. The Morgan fingerprint density at radius 1 is 1.53 bits per heavy atom. The molecule has 17 heavy (non-hydrogen) atoms. The van der Waals surface area contributed by atoms with Crippen molar-refractivity contribution in [3.8, 4) is 0 Å². The summed E-state index contributed by atoms with van der Waals surface area (Å²) in [7, 11) is 0. The fraction of sp³-hybridized carbons (Fsp3) is 0.929. The highest BCUT2D eigenvalue weighted by Crippen LogP contribution is 2.37. The highest BCUT2D eigenvalue weighted by molar-refractivity contribution is 5.69. The quantitative estimate of drug-likeness (QED) is 0.804. The molecule has 0 aliphatic heterocycles. The summed E-state index contributed by atoms with van der Waals surface area (Å²) in [5.74, 6) is -0.700. The second kappa shape index (κ2) is 5.85. The van der Waals surface area contributed by atoms with Crippen LogP contribution in [-0.2, 0) is 4.79 Å². The second-order valence-electron chi connectivity index (χ2n) is 6.24. The molecule has 1 aliphatic rings. The summed E-state index contributed by atoms with van der Waals surface area (Å²) >= 11 is 0. The maximum absolute atomic E-state index is 11.0. The van der Waals surface area contributed by atoms with E-state index in [0.29, 0.717) is 17.5 Å². The molecule has 1 rings (SSSR count). The van der Waals surface area contributed by atoms with Gasteiger partial charge in [0.05, 0.1) is 6.54 Å². The minimum Gasteiger partial charge on any atom is -0.480 e. The van der Waals surface area contributed by atoms with Crippen LogP contribution in [0, 0.1) is 5.41 Å². The van der Waals surface area contributed by atoms with Crippen LogP contribution in [0.5, 0.6) is 0 Å². The molecule has 3 heteroatoms. The third kappa shape index (κ3) is 4.30. The van der Waals surface area contributed by atoms with E-state index >= 15 is 0 Å². The van der Waals surface area contributed by atoms with Gasteiger partial charge in [0, 0.05) is 12.1 Å². The molecule has 0 spiro atoms. The van der Waals surface area contributed by atoms with Crippen LogP contribution < -0.4 is 0 Å². The Kier molecular flexibility index (Phi) is 4.99. The molecule has 0 saturated heterocycles. The second-order valence-corrected chi connectivity index (χ2v) is 6.24. The van der Waals surface area contributed by atoms with Gasteiger partial charge in [-0.1, -0.05) is 27.2 Å². The molecule has 1 N–H and O–H groups in total. The summed E-state index contributed by atoms with van der Waals surface area (Å²) in [6.07, 6.45) is 5.80. The molecule has 0 aromatic carbocycles. The van der Waals surface area contributed by atoms with Crippen molar-refractivity contribution in [1.82, 2.24) is 4.90 Å². The van der Waals surface area contributed by atoms with Gasteiger partial charge in [-0.3, -0.25) is 9.69 Å². The number of carboxylic acid groups (broad SMARTS) is 1. The van der Waals surface area contributed by atoms with E-state index in [-0.39, 0.29) is 6.54 Å². The first-order chi connectivity index (χ1) is 7.85. The normalized spacial score (nSPS) is 25.8. The van der Waals surface area contributed by atoms with E-state index in [1.54, 1.807) is 0 Å². The third-order valence-corrected chi connectivity index (χ3v) is 4.12. The van der Waals surface area contributed by atoms with Crippen molar-refractivity contribution >= 4 is 5.97 Å².